The first-order chi connectivity index (χ1) is 7.20. The van der Waals surface area contributed by atoms with Crippen molar-refractivity contribution >= 4 is 11.7 Å². The van der Waals surface area contributed by atoms with Gasteiger partial charge in [-0.25, -0.2) is 0 Å². The molecule has 0 unspecified atom stereocenters. The van der Waals surface area contributed by atoms with Crippen LogP contribution in [0.2, 0.25) is 0 Å². The molecule has 0 fully saturated rings. The number of carbonyl (C=O) groups is 2. The van der Waals surface area contributed by atoms with E-state index in [2.05, 4.69) is 5.32 Å². The summed E-state index contributed by atoms with van der Waals surface area (Å²) in [7, 11) is 0. The fraction of sp³-hybridized carbons (Fsp3) is 0.333. The molecule has 1 aromatic rings. The third kappa shape index (κ3) is 4.40. The summed E-state index contributed by atoms with van der Waals surface area (Å²) in [5.41, 5.74) is 0.736. The van der Waals surface area contributed by atoms with Crippen LogP contribution in [0.5, 0.6) is 0 Å². The Labute approximate surface area is 89.5 Å². The molecule has 0 saturated carbocycles. The molecular formula is C12H15NO2. The molecule has 0 spiro atoms. The van der Waals surface area contributed by atoms with Crippen LogP contribution in [0.25, 0.3) is 0 Å². The summed E-state index contributed by atoms with van der Waals surface area (Å²) < 4.78 is 0. The second-order valence-corrected chi connectivity index (χ2v) is 3.38. The summed E-state index contributed by atoms with van der Waals surface area (Å²) in [6.45, 7) is 2.03. The average Bonchev–Trinajstić information content (AvgIpc) is 2.25. The molecule has 1 N–H and O–H groups in total. The quantitative estimate of drug-likeness (QED) is 0.588. The average molecular weight is 205 g/mol. The molecule has 80 valence electrons. The van der Waals surface area contributed by atoms with Gasteiger partial charge in [-0.3, -0.25) is 9.59 Å². The highest BCUT2D eigenvalue weighted by Gasteiger charge is 2.03. The first-order valence-corrected chi connectivity index (χ1v) is 5.03. The third-order valence-corrected chi connectivity index (χ3v) is 2.05. The number of carbonyl (C=O) groups excluding carboxylic acids is 2. The van der Waals surface area contributed by atoms with E-state index in [-0.39, 0.29) is 11.7 Å². The van der Waals surface area contributed by atoms with E-state index in [0.29, 0.717) is 19.4 Å². The lowest BCUT2D eigenvalue weighted by atomic mass is 10.1. The Kier molecular flexibility index (Phi) is 4.54. The standard InChI is InChI=1S/C12H15NO2/c1-10(14)13-9-5-8-12(15)11-6-3-2-4-7-11/h2-4,6-7H,5,8-9H2,1H3,(H,13,14). The topological polar surface area (TPSA) is 46.2 Å². The van der Waals surface area contributed by atoms with Gasteiger partial charge in [0.1, 0.15) is 0 Å². The lowest BCUT2D eigenvalue weighted by Gasteiger charge is -2.01. The molecule has 1 aromatic carbocycles. The van der Waals surface area contributed by atoms with Crippen molar-refractivity contribution in [2.24, 2.45) is 0 Å². The van der Waals surface area contributed by atoms with Gasteiger partial charge in [-0.2, -0.15) is 0 Å². The molecule has 0 atom stereocenters. The van der Waals surface area contributed by atoms with E-state index in [1.807, 2.05) is 18.2 Å². The minimum atomic E-state index is -0.0536. The van der Waals surface area contributed by atoms with Crippen LogP contribution in [0, 0.1) is 0 Å². The fourth-order valence-corrected chi connectivity index (χ4v) is 1.28. The van der Waals surface area contributed by atoms with Crippen molar-refractivity contribution in [2.45, 2.75) is 19.8 Å². The van der Waals surface area contributed by atoms with E-state index >= 15 is 0 Å². The van der Waals surface area contributed by atoms with Gasteiger partial charge < -0.3 is 5.32 Å². The number of hydrogen-bond donors (Lipinski definition) is 1. The van der Waals surface area contributed by atoms with Gasteiger partial charge in [0, 0.05) is 25.5 Å². The molecule has 1 rings (SSSR count). The van der Waals surface area contributed by atoms with E-state index in [1.165, 1.54) is 6.92 Å². The number of ketones is 1. The van der Waals surface area contributed by atoms with Gasteiger partial charge in [0.25, 0.3) is 0 Å². The second kappa shape index (κ2) is 5.96. The van der Waals surface area contributed by atoms with E-state index < -0.39 is 0 Å². The zero-order valence-corrected chi connectivity index (χ0v) is 8.82. The number of rotatable bonds is 5. The maximum Gasteiger partial charge on any atom is 0.216 e. The number of benzene rings is 1. The van der Waals surface area contributed by atoms with Crippen LogP contribution in [0.4, 0.5) is 0 Å². The largest absolute Gasteiger partial charge is 0.356 e. The van der Waals surface area contributed by atoms with Crippen molar-refractivity contribution in [2.75, 3.05) is 6.54 Å². The van der Waals surface area contributed by atoms with Gasteiger partial charge in [0.15, 0.2) is 5.78 Å². The highest BCUT2D eigenvalue weighted by atomic mass is 16.1. The molecule has 0 aliphatic rings. The lowest BCUT2D eigenvalue weighted by Crippen LogP contribution is -2.21. The Morgan fingerprint density at radius 2 is 1.87 bits per heavy atom. The molecule has 0 bridgehead atoms. The van der Waals surface area contributed by atoms with Crippen LogP contribution in [0.3, 0.4) is 0 Å². The van der Waals surface area contributed by atoms with Crippen LogP contribution in [0.15, 0.2) is 30.3 Å². The monoisotopic (exact) mass is 205 g/mol. The van der Waals surface area contributed by atoms with Gasteiger partial charge in [-0.1, -0.05) is 30.3 Å². The molecular weight excluding hydrogens is 190 g/mol. The van der Waals surface area contributed by atoms with Gasteiger partial charge >= 0.3 is 0 Å². The van der Waals surface area contributed by atoms with Gasteiger partial charge in [0.05, 0.1) is 0 Å². The number of hydrogen-bond acceptors (Lipinski definition) is 2. The Balaban J connectivity index is 2.28. The van der Waals surface area contributed by atoms with Crippen LogP contribution in [0.1, 0.15) is 30.1 Å². The molecule has 0 aliphatic heterocycles. The van der Waals surface area contributed by atoms with Gasteiger partial charge in [-0.15, -0.1) is 0 Å². The third-order valence-electron chi connectivity index (χ3n) is 2.05. The lowest BCUT2D eigenvalue weighted by molar-refractivity contribution is -0.118. The van der Waals surface area contributed by atoms with Crippen molar-refractivity contribution in [1.29, 1.82) is 0 Å². The summed E-state index contributed by atoms with van der Waals surface area (Å²) in [5.74, 6) is 0.0723. The van der Waals surface area contributed by atoms with Crippen LogP contribution in [-0.2, 0) is 4.79 Å². The fourth-order valence-electron chi connectivity index (χ4n) is 1.28. The zero-order valence-electron chi connectivity index (χ0n) is 8.82. The Morgan fingerprint density at radius 3 is 2.47 bits per heavy atom. The van der Waals surface area contributed by atoms with Crippen molar-refractivity contribution in [1.82, 2.24) is 5.32 Å². The smallest absolute Gasteiger partial charge is 0.216 e. The minimum Gasteiger partial charge on any atom is -0.356 e. The second-order valence-electron chi connectivity index (χ2n) is 3.38. The molecule has 1 amide bonds. The van der Waals surface area contributed by atoms with E-state index in [4.69, 9.17) is 0 Å². The van der Waals surface area contributed by atoms with Crippen molar-refractivity contribution in [3.8, 4) is 0 Å². The number of Topliss-reactive ketones (excluding diaryl/α,β-unsaturated/α-hetero) is 1. The summed E-state index contributed by atoms with van der Waals surface area (Å²) in [4.78, 5) is 22.1. The molecule has 0 saturated heterocycles. The molecule has 15 heavy (non-hydrogen) atoms. The first-order valence-electron chi connectivity index (χ1n) is 5.03. The van der Waals surface area contributed by atoms with Crippen molar-refractivity contribution in [3.05, 3.63) is 35.9 Å². The molecule has 0 heterocycles. The summed E-state index contributed by atoms with van der Waals surface area (Å²) in [6, 6.07) is 9.19. The maximum absolute atomic E-state index is 11.6. The van der Waals surface area contributed by atoms with Crippen LogP contribution < -0.4 is 5.32 Å². The Bertz CT molecular complexity index is 333. The number of amides is 1. The SMILES string of the molecule is CC(=O)NCCCC(=O)c1ccccc1. The minimum absolute atomic E-state index is 0.0536. The molecule has 0 aliphatic carbocycles. The van der Waals surface area contributed by atoms with Gasteiger partial charge in [0.2, 0.25) is 5.91 Å². The Hall–Kier alpha value is -1.64. The molecule has 0 aromatic heterocycles. The van der Waals surface area contributed by atoms with Crippen LogP contribution >= 0.6 is 0 Å². The maximum atomic E-state index is 11.6. The van der Waals surface area contributed by atoms with Crippen molar-refractivity contribution in [3.63, 3.8) is 0 Å². The summed E-state index contributed by atoms with van der Waals surface area (Å²) in [5, 5.41) is 2.66. The first kappa shape index (κ1) is 11.4. The number of nitrogens with one attached hydrogen (secondary N) is 1. The summed E-state index contributed by atoms with van der Waals surface area (Å²) in [6.07, 6.45) is 1.16. The highest BCUT2D eigenvalue weighted by molar-refractivity contribution is 5.95. The highest BCUT2D eigenvalue weighted by Crippen LogP contribution is 2.04. The predicted octanol–water partition coefficient (Wildman–Crippen LogP) is 1.79. The Morgan fingerprint density at radius 1 is 1.20 bits per heavy atom. The molecule has 3 nitrogen and oxygen atoms in total. The molecule has 3 heteroatoms. The normalized spacial score (nSPS) is 9.67. The van der Waals surface area contributed by atoms with Crippen molar-refractivity contribution < 1.29 is 9.59 Å². The molecule has 0 radical (unpaired) electrons. The predicted molar refractivity (Wildman–Crippen MR) is 58.7 cm³/mol. The van der Waals surface area contributed by atoms with Gasteiger partial charge in [-0.05, 0) is 6.42 Å². The van der Waals surface area contributed by atoms with Crippen LogP contribution in [-0.4, -0.2) is 18.2 Å². The zero-order chi connectivity index (χ0) is 11.1. The van der Waals surface area contributed by atoms with E-state index in [0.717, 1.165) is 5.56 Å². The summed E-state index contributed by atoms with van der Waals surface area (Å²) >= 11 is 0. The van der Waals surface area contributed by atoms with E-state index in [1.54, 1.807) is 12.1 Å². The van der Waals surface area contributed by atoms with E-state index in [9.17, 15) is 9.59 Å².